The van der Waals surface area contributed by atoms with Crippen LogP contribution in [-0.2, 0) is 9.84 Å². The Labute approximate surface area is 140 Å². The first kappa shape index (κ1) is 16.8. The summed E-state index contributed by atoms with van der Waals surface area (Å²) in [5.41, 5.74) is 2.36. The van der Waals surface area contributed by atoms with Gasteiger partial charge >= 0.3 is 0 Å². The Morgan fingerprint density at radius 1 is 1.17 bits per heavy atom. The monoisotopic (exact) mass is 353 g/mol. The van der Waals surface area contributed by atoms with Crippen LogP contribution in [0.4, 0.5) is 15.9 Å². The lowest BCUT2D eigenvalue weighted by atomic mass is 10.2. The highest BCUT2D eigenvalue weighted by Crippen LogP contribution is 2.31. The fourth-order valence-corrected chi connectivity index (χ4v) is 4.76. The van der Waals surface area contributed by atoms with Crippen molar-refractivity contribution < 1.29 is 12.8 Å². The van der Waals surface area contributed by atoms with E-state index in [9.17, 15) is 12.8 Å². The van der Waals surface area contributed by atoms with Crippen molar-refractivity contribution in [2.24, 2.45) is 0 Å². The average Bonchev–Trinajstić information content (AvgIpc) is 2.97. The van der Waals surface area contributed by atoms with Gasteiger partial charge in [0.2, 0.25) is 0 Å². The van der Waals surface area contributed by atoms with Crippen molar-refractivity contribution in [3.8, 4) is 0 Å². The van der Waals surface area contributed by atoms with Crippen molar-refractivity contribution in [3.05, 3.63) is 28.7 Å². The summed E-state index contributed by atoms with van der Waals surface area (Å²) in [6.45, 7) is 6.92. The van der Waals surface area contributed by atoms with Crippen molar-refractivity contribution in [1.29, 1.82) is 0 Å². The first-order valence-corrected chi connectivity index (χ1v) is 9.54. The molecule has 1 saturated heterocycles. The molecule has 0 saturated carbocycles. The second-order valence-electron chi connectivity index (χ2n) is 6.19. The third-order valence-electron chi connectivity index (χ3n) is 4.25. The van der Waals surface area contributed by atoms with Gasteiger partial charge in [0.25, 0.3) is 0 Å². The van der Waals surface area contributed by atoms with Crippen LogP contribution in [0, 0.1) is 33.5 Å². The molecule has 1 aliphatic rings. The van der Waals surface area contributed by atoms with Gasteiger partial charge < -0.3 is 5.32 Å². The minimum Gasteiger partial charge on any atom is -0.335 e. The van der Waals surface area contributed by atoms with Crippen LogP contribution in [0.2, 0.25) is 0 Å². The summed E-state index contributed by atoms with van der Waals surface area (Å²) in [5.74, 6) is 0.341. The van der Waals surface area contributed by atoms with Crippen LogP contribution >= 0.6 is 0 Å². The summed E-state index contributed by atoms with van der Waals surface area (Å²) in [6, 6.07) is -0.178. The summed E-state index contributed by atoms with van der Waals surface area (Å²) >= 11 is 0. The fourth-order valence-electron chi connectivity index (χ4n) is 3.07. The molecule has 9 heteroatoms. The lowest BCUT2D eigenvalue weighted by Gasteiger charge is -2.12. The molecule has 130 valence electrons. The first-order valence-electron chi connectivity index (χ1n) is 7.72. The molecular formula is C15H20FN5O2S. The number of rotatable bonds is 3. The van der Waals surface area contributed by atoms with E-state index in [-0.39, 0.29) is 29.1 Å². The van der Waals surface area contributed by atoms with Gasteiger partial charge in [0.05, 0.1) is 40.3 Å². The zero-order valence-corrected chi connectivity index (χ0v) is 14.9. The number of hydrogen-bond donors (Lipinski definition) is 1. The van der Waals surface area contributed by atoms with Gasteiger partial charge in [-0.2, -0.15) is 5.10 Å². The molecule has 0 aromatic carbocycles. The molecule has 1 atom stereocenters. The molecular weight excluding hydrogens is 333 g/mol. The van der Waals surface area contributed by atoms with E-state index >= 15 is 0 Å². The summed E-state index contributed by atoms with van der Waals surface area (Å²) in [5, 5.41) is 7.45. The molecule has 2 aromatic rings. The van der Waals surface area contributed by atoms with E-state index in [0.29, 0.717) is 23.6 Å². The number of nitrogens with zero attached hydrogens (tertiary/aromatic N) is 4. The molecule has 24 heavy (non-hydrogen) atoms. The van der Waals surface area contributed by atoms with Gasteiger partial charge in [-0.25, -0.2) is 22.8 Å². The highest BCUT2D eigenvalue weighted by atomic mass is 32.2. The SMILES string of the molecule is Cc1nc(C)c(F)c(Nc2c(C)nn(C3CCS(=O)(=O)C3)c2C)n1. The molecule has 0 amide bonds. The second kappa shape index (κ2) is 5.80. The van der Waals surface area contributed by atoms with Gasteiger partial charge in [-0.05, 0) is 34.1 Å². The Bertz CT molecular complexity index is 907. The van der Waals surface area contributed by atoms with Crippen LogP contribution in [0.25, 0.3) is 0 Å². The number of hydrogen-bond acceptors (Lipinski definition) is 6. The van der Waals surface area contributed by atoms with Crippen molar-refractivity contribution in [3.63, 3.8) is 0 Å². The standard InChI is InChI=1S/C15H20FN5O2S/c1-8-13(16)15(18-11(4)17-8)19-14-9(2)20-21(10(14)3)12-5-6-24(22,23)7-12/h12H,5-7H2,1-4H3,(H,17,18,19). The number of nitrogens with one attached hydrogen (secondary N) is 1. The van der Waals surface area contributed by atoms with Crippen LogP contribution in [-0.4, -0.2) is 39.7 Å². The Balaban J connectivity index is 1.96. The van der Waals surface area contributed by atoms with Gasteiger partial charge in [-0.1, -0.05) is 0 Å². The predicted octanol–water partition coefficient (Wildman–Crippen LogP) is 2.15. The predicted molar refractivity (Wildman–Crippen MR) is 88.8 cm³/mol. The average molecular weight is 353 g/mol. The van der Waals surface area contributed by atoms with E-state index in [1.165, 1.54) is 0 Å². The van der Waals surface area contributed by atoms with E-state index in [2.05, 4.69) is 20.4 Å². The lowest BCUT2D eigenvalue weighted by Crippen LogP contribution is -2.14. The molecule has 7 nitrogen and oxygen atoms in total. The van der Waals surface area contributed by atoms with Gasteiger partial charge in [-0.3, -0.25) is 4.68 Å². The Hall–Kier alpha value is -2.03. The maximum absolute atomic E-state index is 14.2. The molecule has 1 aliphatic heterocycles. The van der Waals surface area contributed by atoms with Crippen LogP contribution in [0.1, 0.15) is 35.4 Å². The third kappa shape index (κ3) is 3.00. The van der Waals surface area contributed by atoms with E-state index in [1.54, 1.807) is 25.5 Å². The fraction of sp³-hybridized carbons (Fsp3) is 0.533. The van der Waals surface area contributed by atoms with E-state index in [0.717, 1.165) is 5.69 Å². The summed E-state index contributed by atoms with van der Waals surface area (Å²) < 4.78 is 39.4. The Kier molecular flexibility index (Phi) is 4.06. The Morgan fingerprint density at radius 3 is 2.50 bits per heavy atom. The summed E-state index contributed by atoms with van der Waals surface area (Å²) in [4.78, 5) is 8.10. The highest BCUT2D eigenvalue weighted by Gasteiger charge is 2.31. The highest BCUT2D eigenvalue weighted by molar-refractivity contribution is 7.91. The topological polar surface area (TPSA) is 89.8 Å². The van der Waals surface area contributed by atoms with Crippen molar-refractivity contribution >= 4 is 21.3 Å². The maximum Gasteiger partial charge on any atom is 0.186 e. The first-order chi connectivity index (χ1) is 11.2. The maximum atomic E-state index is 14.2. The van der Waals surface area contributed by atoms with Crippen LogP contribution in [0.3, 0.4) is 0 Å². The molecule has 2 aromatic heterocycles. The van der Waals surface area contributed by atoms with Crippen molar-refractivity contribution in [2.75, 3.05) is 16.8 Å². The minimum atomic E-state index is -3.00. The van der Waals surface area contributed by atoms with Crippen LogP contribution in [0.15, 0.2) is 0 Å². The normalized spacial score (nSPS) is 19.6. The van der Waals surface area contributed by atoms with Crippen molar-refractivity contribution in [1.82, 2.24) is 19.7 Å². The largest absolute Gasteiger partial charge is 0.335 e. The van der Waals surface area contributed by atoms with Gasteiger partial charge in [0.15, 0.2) is 21.5 Å². The van der Waals surface area contributed by atoms with Crippen molar-refractivity contribution in [2.45, 2.75) is 40.2 Å². The number of halogens is 1. The van der Waals surface area contributed by atoms with E-state index in [4.69, 9.17) is 0 Å². The van der Waals surface area contributed by atoms with E-state index in [1.807, 2.05) is 6.92 Å². The lowest BCUT2D eigenvalue weighted by molar-refractivity contribution is 0.486. The number of sulfone groups is 1. The molecule has 3 heterocycles. The number of aromatic nitrogens is 4. The minimum absolute atomic E-state index is 0.0918. The second-order valence-corrected chi connectivity index (χ2v) is 8.42. The summed E-state index contributed by atoms with van der Waals surface area (Å²) in [7, 11) is -3.00. The van der Waals surface area contributed by atoms with Crippen LogP contribution < -0.4 is 5.32 Å². The van der Waals surface area contributed by atoms with Gasteiger partial charge in [-0.15, -0.1) is 0 Å². The van der Waals surface area contributed by atoms with Gasteiger partial charge in [0.1, 0.15) is 5.82 Å². The quantitative estimate of drug-likeness (QED) is 0.909. The van der Waals surface area contributed by atoms with Crippen LogP contribution in [0.5, 0.6) is 0 Å². The zero-order valence-electron chi connectivity index (χ0n) is 14.1. The molecule has 1 unspecified atom stereocenters. The van der Waals surface area contributed by atoms with E-state index < -0.39 is 15.7 Å². The molecule has 1 fully saturated rings. The third-order valence-corrected chi connectivity index (χ3v) is 6.00. The molecule has 0 radical (unpaired) electrons. The number of anilines is 2. The summed E-state index contributed by atoms with van der Waals surface area (Å²) in [6.07, 6.45) is 0.545. The van der Waals surface area contributed by atoms with Gasteiger partial charge in [0, 0.05) is 0 Å². The smallest absolute Gasteiger partial charge is 0.186 e. The Morgan fingerprint density at radius 2 is 1.88 bits per heavy atom. The molecule has 0 spiro atoms. The molecule has 1 N–H and O–H groups in total. The molecule has 0 bridgehead atoms. The molecule has 0 aliphatic carbocycles. The number of aryl methyl sites for hydroxylation is 3. The molecule has 3 rings (SSSR count). The zero-order chi connectivity index (χ0) is 17.6.